The highest BCUT2D eigenvalue weighted by molar-refractivity contribution is 5.94. The molecule has 0 radical (unpaired) electrons. The van der Waals surface area contributed by atoms with E-state index < -0.39 is 5.41 Å². The first-order valence-electron chi connectivity index (χ1n) is 5.87. The maximum absolute atomic E-state index is 11.9. The number of hydrogen-bond donors (Lipinski definition) is 1. The monoisotopic (exact) mass is 250 g/mol. The van der Waals surface area contributed by atoms with Gasteiger partial charge in [0, 0.05) is 21.6 Å². The summed E-state index contributed by atoms with van der Waals surface area (Å²) in [6.07, 6.45) is 0.748. The Morgan fingerprint density at radius 2 is 1.89 bits per heavy atom. The minimum absolute atomic E-state index is 0.0490. The number of carbonyl (C=O) groups excluding carboxylic acids is 1. The molecule has 0 spiro atoms. The van der Waals surface area contributed by atoms with Crippen molar-refractivity contribution < 1.29 is 9.72 Å². The van der Waals surface area contributed by atoms with Crippen LogP contribution in [-0.4, -0.2) is 10.8 Å². The zero-order chi connectivity index (χ0) is 13.8. The second-order valence-electron chi connectivity index (χ2n) is 4.88. The van der Waals surface area contributed by atoms with E-state index in [1.807, 2.05) is 20.8 Å². The topological polar surface area (TPSA) is 72.2 Å². The van der Waals surface area contributed by atoms with E-state index in [1.54, 1.807) is 24.3 Å². The molecule has 0 fully saturated rings. The molecule has 0 aliphatic carbocycles. The van der Waals surface area contributed by atoms with Gasteiger partial charge in [-0.3, -0.25) is 14.9 Å². The molecule has 1 rings (SSSR count). The predicted octanol–water partition coefficient (Wildman–Crippen LogP) is 2.84. The average molecular weight is 250 g/mol. The van der Waals surface area contributed by atoms with Crippen LogP contribution in [-0.2, 0) is 11.3 Å². The van der Waals surface area contributed by atoms with Crippen LogP contribution in [0.25, 0.3) is 0 Å². The van der Waals surface area contributed by atoms with Crippen molar-refractivity contribution in [3.63, 3.8) is 0 Å². The van der Waals surface area contributed by atoms with Crippen molar-refractivity contribution in [2.75, 3.05) is 5.32 Å². The first kappa shape index (κ1) is 14.2. The highest BCUT2D eigenvalue weighted by Gasteiger charge is 2.25. The number of nitrogens with zero attached hydrogens (tertiary/aromatic N) is 1. The molecular weight excluding hydrogens is 232 g/mol. The molecule has 0 saturated heterocycles. The van der Waals surface area contributed by atoms with Gasteiger partial charge in [0.15, 0.2) is 0 Å². The number of nitrogens with one attached hydrogen (secondary N) is 1. The third kappa shape index (κ3) is 3.84. The number of carbonyl (C=O) groups is 1. The van der Waals surface area contributed by atoms with Crippen LogP contribution in [0.3, 0.4) is 0 Å². The smallest absolute Gasteiger partial charge is 0.230 e. The number of hydrogen-bond acceptors (Lipinski definition) is 3. The van der Waals surface area contributed by atoms with Crippen LogP contribution in [0.5, 0.6) is 0 Å². The minimum Gasteiger partial charge on any atom is -0.326 e. The van der Waals surface area contributed by atoms with E-state index in [-0.39, 0.29) is 17.4 Å². The fraction of sp³-hybridized carbons (Fsp3) is 0.462. The maximum atomic E-state index is 11.9. The fourth-order valence-corrected chi connectivity index (χ4v) is 1.30. The van der Waals surface area contributed by atoms with Gasteiger partial charge < -0.3 is 5.32 Å². The summed E-state index contributed by atoms with van der Waals surface area (Å²) in [7, 11) is 0. The van der Waals surface area contributed by atoms with E-state index in [0.29, 0.717) is 11.3 Å². The van der Waals surface area contributed by atoms with Gasteiger partial charge in [0.2, 0.25) is 12.5 Å². The summed E-state index contributed by atoms with van der Waals surface area (Å²) in [6, 6.07) is 6.67. The van der Waals surface area contributed by atoms with Crippen molar-refractivity contribution in [2.45, 2.75) is 33.7 Å². The minimum atomic E-state index is -0.417. The zero-order valence-corrected chi connectivity index (χ0v) is 10.9. The molecule has 5 nitrogen and oxygen atoms in total. The first-order valence-corrected chi connectivity index (χ1v) is 5.87. The zero-order valence-electron chi connectivity index (χ0n) is 10.9. The van der Waals surface area contributed by atoms with Gasteiger partial charge >= 0.3 is 0 Å². The van der Waals surface area contributed by atoms with Gasteiger partial charge in [-0.2, -0.15) is 0 Å². The predicted molar refractivity (Wildman–Crippen MR) is 69.8 cm³/mol. The summed E-state index contributed by atoms with van der Waals surface area (Å²) in [4.78, 5) is 21.9. The number of amides is 1. The van der Waals surface area contributed by atoms with Crippen LogP contribution >= 0.6 is 0 Å². The molecule has 98 valence electrons. The Morgan fingerprint density at radius 1 is 1.33 bits per heavy atom. The molecule has 0 aliphatic heterocycles. The Bertz CT molecular complexity index is 438. The molecule has 0 unspecified atom stereocenters. The molecule has 0 heterocycles. The van der Waals surface area contributed by atoms with E-state index in [1.165, 1.54) is 0 Å². The van der Waals surface area contributed by atoms with Gasteiger partial charge in [-0.15, -0.1) is 0 Å². The summed E-state index contributed by atoms with van der Waals surface area (Å²) in [5, 5.41) is 13.1. The van der Waals surface area contributed by atoms with E-state index in [4.69, 9.17) is 0 Å². The van der Waals surface area contributed by atoms with E-state index >= 15 is 0 Å². The normalized spacial score (nSPS) is 11.1. The Morgan fingerprint density at radius 3 is 2.33 bits per heavy atom. The molecule has 0 aliphatic rings. The van der Waals surface area contributed by atoms with Crippen LogP contribution in [0, 0.1) is 15.5 Å². The standard InChI is InChI=1S/C13H18N2O3/c1-4-13(2,3)12(16)14-11-7-5-10(6-8-11)9-15(17)18/h5-8H,4,9H2,1-3H3,(H,14,16). The van der Waals surface area contributed by atoms with Crippen LogP contribution in [0.4, 0.5) is 5.69 Å². The number of benzene rings is 1. The van der Waals surface area contributed by atoms with E-state index in [0.717, 1.165) is 6.42 Å². The van der Waals surface area contributed by atoms with Gasteiger partial charge in [-0.1, -0.05) is 32.9 Å². The SMILES string of the molecule is CCC(C)(C)C(=O)Nc1ccc(C[N+](=O)[O-])cc1. The van der Waals surface area contributed by atoms with Gasteiger partial charge in [-0.05, 0) is 18.6 Å². The van der Waals surface area contributed by atoms with Gasteiger partial charge in [0.05, 0.1) is 0 Å². The van der Waals surface area contributed by atoms with Crippen molar-refractivity contribution >= 4 is 11.6 Å². The van der Waals surface area contributed by atoms with Gasteiger partial charge in [-0.25, -0.2) is 0 Å². The van der Waals surface area contributed by atoms with Crippen LogP contribution < -0.4 is 5.32 Å². The lowest BCUT2D eigenvalue weighted by molar-refractivity contribution is -0.496. The summed E-state index contributed by atoms with van der Waals surface area (Å²) >= 11 is 0. The molecule has 1 N–H and O–H groups in total. The quantitative estimate of drug-likeness (QED) is 0.645. The van der Waals surface area contributed by atoms with Crippen molar-refractivity contribution in [3.05, 3.63) is 39.9 Å². The highest BCUT2D eigenvalue weighted by Crippen LogP contribution is 2.22. The van der Waals surface area contributed by atoms with Gasteiger partial charge in [0.25, 0.3) is 0 Å². The number of rotatable bonds is 5. The van der Waals surface area contributed by atoms with Crippen molar-refractivity contribution in [3.8, 4) is 0 Å². The molecule has 1 aromatic carbocycles. The summed E-state index contributed by atoms with van der Waals surface area (Å²) < 4.78 is 0. The molecule has 5 heteroatoms. The molecule has 0 saturated carbocycles. The Hall–Kier alpha value is -1.91. The first-order chi connectivity index (χ1) is 8.35. The lowest BCUT2D eigenvalue weighted by atomic mass is 9.89. The Labute approximate surface area is 106 Å². The summed E-state index contributed by atoms with van der Waals surface area (Å²) in [5.74, 6) is -0.0490. The Kier molecular flexibility index (Phi) is 4.42. The van der Waals surface area contributed by atoms with Crippen molar-refractivity contribution in [1.29, 1.82) is 0 Å². The number of anilines is 1. The molecule has 0 atom stereocenters. The van der Waals surface area contributed by atoms with Crippen LogP contribution in [0.1, 0.15) is 32.8 Å². The number of nitro groups is 1. The van der Waals surface area contributed by atoms with E-state index in [2.05, 4.69) is 5.32 Å². The molecule has 0 aromatic heterocycles. The van der Waals surface area contributed by atoms with Gasteiger partial charge in [0.1, 0.15) is 0 Å². The van der Waals surface area contributed by atoms with Crippen LogP contribution in [0.2, 0.25) is 0 Å². The molecule has 18 heavy (non-hydrogen) atoms. The largest absolute Gasteiger partial charge is 0.326 e. The molecule has 1 amide bonds. The molecule has 1 aromatic rings. The van der Waals surface area contributed by atoms with Crippen LogP contribution in [0.15, 0.2) is 24.3 Å². The van der Waals surface area contributed by atoms with Crippen molar-refractivity contribution in [1.82, 2.24) is 0 Å². The second-order valence-corrected chi connectivity index (χ2v) is 4.88. The Balaban J connectivity index is 2.69. The van der Waals surface area contributed by atoms with Crippen molar-refractivity contribution in [2.24, 2.45) is 5.41 Å². The lowest BCUT2D eigenvalue weighted by Crippen LogP contribution is -2.29. The molecular formula is C13H18N2O3. The molecule has 0 bridgehead atoms. The summed E-state index contributed by atoms with van der Waals surface area (Å²) in [6.45, 7) is 5.52. The average Bonchev–Trinajstić information content (AvgIpc) is 2.31. The maximum Gasteiger partial charge on any atom is 0.230 e. The third-order valence-corrected chi connectivity index (χ3v) is 3.02. The highest BCUT2D eigenvalue weighted by atomic mass is 16.6. The van der Waals surface area contributed by atoms with E-state index in [9.17, 15) is 14.9 Å². The fourth-order valence-electron chi connectivity index (χ4n) is 1.30. The third-order valence-electron chi connectivity index (χ3n) is 3.02. The second kappa shape index (κ2) is 5.62. The lowest BCUT2D eigenvalue weighted by Gasteiger charge is -2.21. The summed E-state index contributed by atoms with van der Waals surface area (Å²) in [5.41, 5.74) is 0.862.